The minimum Gasteiger partial charge on any atom is -0.0628 e. The molecule has 78 valence electrons. The van der Waals surface area contributed by atoms with Crippen LogP contribution in [0.5, 0.6) is 0 Å². The summed E-state index contributed by atoms with van der Waals surface area (Å²) in [6.07, 6.45) is 2.50. The first kappa shape index (κ1) is 11.8. The first-order valence-corrected chi connectivity index (χ1v) is 6.11. The van der Waals surface area contributed by atoms with E-state index in [-0.39, 0.29) is 0 Å². The zero-order valence-corrected chi connectivity index (χ0v) is 10.8. The van der Waals surface area contributed by atoms with E-state index < -0.39 is 0 Å². The van der Waals surface area contributed by atoms with Crippen LogP contribution in [-0.2, 0) is 6.42 Å². The van der Waals surface area contributed by atoms with E-state index in [2.05, 4.69) is 61.0 Å². The van der Waals surface area contributed by atoms with Crippen molar-refractivity contribution in [3.8, 4) is 0 Å². The summed E-state index contributed by atoms with van der Waals surface area (Å²) in [5.41, 5.74) is 1.44. The van der Waals surface area contributed by atoms with Crippen LogP contribution in [0.4, 0.5) is 0 Å². The molecule has 1 unspecified atom stereocenters. The lowest BCUT2D eigenvalue weighted by Gasteiger charge is -2.13. The van der Waals surface area contributed by atoms with Crippen LogP contribution in [0.1, 0.15) is 32.8 Å². The summed E-state index contributed by atoms with van der Waals surface area (Å²) in [6.45, 7) is 6.91. The summed E-state index contributed by atoms with van der Waals surface area (Å²) in [5, 5.41) is 0. The Hall–Kier alpha value is -0.300. The van der Waals surface area contributed by atoms with Gasteiger partial charge in [0.1, 0.15) is 0 Å². The standard InChI is InChI=1S/C13H19Br/c1-10(2)7-11(3)8-12-5-4-6-13(14)9-12/h4-6,9-11H,7-8H2,1-3H3. The van der Waals surface area contributed by atoms with Crippen LogP contribution in [0.3, 0.4) is 0 Å². The van der Waals surface area contributed by atoms with Gasteiger partial charge in [0.15, 0.2) is 0 Å². The van der Waals surface area contributed by atoms with Gasteiger partial charge >= 0.3 is 0 Å². The monoisotopic (exact) mass is 254 g/mol. The van der Waals surface area contributed by atoms with Crippen LogP contribution in [0, 0.1) is 11.8 Å². The van der Waals surface area contributed by atoms with Crippen LogP contribution in [-0.4, -0.2) is 0 Å². The molecule has 0 bridgehead atoms. The minimum absolute atomic E-state index is 0.782. The Morgan fingerprint density at radius 3 is 2.50 bits per heavy atom. The van der Waals surface area contributed by atoms with Crippen LogP contribution >= 0.6 is 15.9 Å². The highest BCUT2D eigenvalue weighted by Gasteiger charge is 2.06. The summed E-state index contributed by atoms with van der Waals surface area (Å²) in [7, 11) is 0. The molecule has 0 N–H and O–H groups in total. The summed E-state index contributed by atoms with van der Waals surface area (Å²) in [6, 6.07) is 8.62. The summed E-state index contributed by atoms with van der Waals surface area (Å²) < 4.78 is 1.19. The number of hydrogen-bond donors (Lipinski definition) is 0. The van der Waals surface area contributed by atoms with Gasteiger partial charge in [0.05, 0.1) is 0 Å². The van der Waals surface area contributed by atoms with Gasteiger partial charge in [0, 0.05) is 4.47 Å². The molecule has 0 radical (unpaired) electrons. The molecule has 1 aromatic carbocycles. The molecule has 0 heterocycles. The minimum atomic E-state index is 0.782. The van der Waals surface area contributed by atoms with E-state index in [1.165, 1.54) is 22.9 Å². The second kappa shape index (κ2) is 5.55. The highest BCUT2D eigenvalue weighted by molar-refractivity contribution is 9.10. The molecular weight excluding hydrogens is 236 g/mol. The number of rotatable bonds is 4. The van der Waals surface area contributed by atoms with Gasteiger partial charge < -0.3 is 0 Å². The lowest BCUT2D eigenvalue weighted by Crippen LogP contribution is -2.03. The van der Waals surface area contributed by atoms with Gasteiger partial charge in [-0.15, -0.1) is 0 Å². The van der Waals surface area contributed by atoms with Gasteiger partial charge in [0.25, 0.3) is 0 Å². The van der Waals surface area contributed by atoms with Gasteiger partial charge in [-0.2, -0.15) is 0 Å². The van der Waals surface area contributed by atoms with Crippen LogP contribution < -0.4 is 0 Å². The normalized spacial score (nSPS) is 13.2. The maximum atomic E-state index is 3.50. The smallest absolute Gasteiger partial charge is 0.0177 e. The third-order valence-electron chi connectivity index (χ3n) is 2.35. The number of halogens is 1. The molecule has 0 spiro atoms. The van der Waals surface area contributed by atoms with Crippen molar-refractivity contribution in [3.63, 3.8) is 0 Å². The van der Waals surface area contributed by atoms with Crippen LogP contribution in [0.15, 0.2) is 28.7 Å². The molecule has 0 amide bonds. The zero-order valence-electron chi connectivity index (χ0n) is 9.26. The average Bonchev–Trinajstić information content (AvgIpc) is 2.01. The van der Waals surface area contributed by atoms with Gasteiger partial charge in [-0.25, -0.2) is 0 Å². The van der Waals surface area contributed by atoms with Crippen molar-refractivity contribution in [2.24, 2.45) is 11.8 Å². The van der Waals surface area contributed by atoms with Crippen molar-refractivity contribution in [1.29, 1.82) is 0 Å². The Kier molecular flexibility index (Phi) is 4.67. The summed E-state index contributed by atoms with van der Waals surface area (Å²) in [4.78, 5) is 0. The van der Waals surface area contributed by atoms with Crippen molar-refractivity contribution in [2.45, 2.75) is 33.6 Å². The molecule has 0 nitrogen and oxygen atoms in total. The predicted octanol–water partition coefficient (Wildman–Crippen LogP) is 4.67. The SMILES string of the molecule is CC(C)CC(C)Cc1cccc(Br)c1. The maximum absolute atomic E-state index is 3.50. The molecule has 0 fully saturated rings. The van der Waals surface area contributed by atoms with Crippen molar-refractivity contribution >= 4 is 15.9 Å². The van der Waals surface area contributed by atoms with Gasteiger partial charge in [-0.1, -0.05) is 48.8 Å². The fraction of sp³-hybridized carbons (Fsp3) is 0.538. The molecule has 1 aromatic rings. The van der Waals surface area contributed by atoms with Crippen LogP contribution in [0.2, 0.25) is 0 Å². The summed E-state index contributed by atoms with van der Waals surface area (Å²) in [5.74, 6) is 1.58. The topological polar surface area (TPSA) is 0 Å². The maximum Gasteiger partial charge on any atom is 0.0177 e. The first-order valence-electron chi connectivity index (χ1n) is 5.32. The van der Waals surface area contributed by atoms with Crippen molar-refractivity contribution in [2.75, 3.05) is 0 Å². The van der Waals surface area contributed by atoms with Crippen LogP contribution in [0.25, 0.3) is 0 Å². The van der Waals surface area contributed by atoms with E-state index in [1.54, 1.807) is 0 Å². The first-order chi connectivity index (χ1) is 6.58. The quantitative estimate of drug-likeness (QED) is 0.733. The van der Waals surface area contributed by atoms with Gasteiger partial charge in [0.2, 0.25) is 0 Å². The van der Waals surface area contributed by atoms with Crippen molar-refractivity contribution < 1.29 is 0 Å². The van der Waals surface area contributed by atoms with E-state index >= 15 is 0 Å². The lowest BCUT2D eigenvalue weighted by atomic mass is 9.93. The summed E-state index contributed by atoms with van der Waals surface area (Å²) >= 11 is 3.50. The van der Waals surface area contributed by atoms with Gasteiger partial charge in [-0.05, 0) is 42.4 Å². The molecule has 1 rings (SSSR count). The fourth-order valence-corrected chi connectivity index (χ4v) is 2.40. The Bertz CT molecular complexity index is 278. The van der Waals surface area contributed by atoms with E-state index in [9.17, 15) is 0 Å². The average molecular weight is 255 g/mol. The second-order valence-corrected chi connectivity index (χ2v) is 5.48. The van der Waals surface area contributed by atoms with E-state index in [0.29, 0.717) is 0 Å². The zero-order chi connectivity index (χ0) is 10.6. The van der Waals surface area contributed by atoms with E-state index in [1.807, 2.05) is 0 Å². The molecule has 0 saturated heterocycles. The van der Waals surface area contributed by atoms with E-state index in [4.69, 9.17) is 0 Å². The molecule has 0 saturated carbocycles. The second-order valence-electron chi connectivity index (χ2n) is 4.57. The molecule has 14 heavy (non-hydrogen) atoms. The van der Waals surface area contributed by atoms with Crippen molar-refractivity contribution in [3.05, 3.63) is 34.3 Å². The molecule has 0 aromatic heterocycles. The molecule has 0 aliphatic heterocycles. The van der Waals surface area contributed by atoms with Gasteiger partial charge in [-0.3, -0.25) is 0 Å². The fourth-order valence-electron chi connectivity index (χ4n) is 1.95. The highest BCUT2D eigenvalue weighted by Crippen LogP contribution is 2.19. The number of hydrogen-bond acceptors (Lipinski definition) is 0. The highest BCUT2D eigenvalue weighted by atomic mass is 79.9. The predicted molar refractivity (Wildman–Crippen MR) is 66.5 cm³/mol. The lowest BCUT2D eigenvalue weighted by molar-refractivity contribution is 0.437. The Morgan fingerprint density at radius 1 is 1.21 bits per heavy atom. The molecule has 1 atom stereocenters. The third-order valence-corrected chi connectivity index (χ3v) is 2.84. The van der Waals surface area contributed by atoms with Crippen molar-refractivity contribution in [1.82, 2.24) is 0 Å². The Labute approximate surface area is 95.9 Å². The Morgan fingerprint density at radius 2 is 1.93 bits per heavy atom. The molecule has 0 aliphatic rings. The third kappa shape index (κ3) is 4.28. The molecular formula is C13H19Br. The number of benzene rings is 1. The van der Waals surface area contributed by atoms with E-state index in [0.717, 1.165) is 11.8 Å². The largest absolute Gasteiger partial charge is 0.0628 e. The Balaban J connectivity index is 2.51. The molecule has 1 heteroatoms. The molecule has 0 aliphatic carbocycles.